The van der Waals surface area contributed by atoms with E-state index in [2.05, 4.69) is 179 Å². The molecule has 13 rings (SSSR count). The SMILES string of the molecule is C1=Cc2c(c3ccccc3n2-c2ccc3c(c2)Cc2cc(-c4cccc(-c5ccc6c(c5)Cc5cc(-n7c8c(c9ccccc97)CCC=C8)ccc5-6)c4)ccc2-3)CC1. The Morgan fingerprint density at radius 3 is 1.29 bits per heavy atom. The molecule has 58 heavy (non-hydrogen) atoms. The first kappa shape index (κ1) is 32.2. The topological polar surface area (TPSA) is 9.86 Å². The second kappa shape index (κ2) is 12.3. The normalized spacial score (nSPS) is 14.3. The molecule has 0 spiro atoms. The Morgan fingerprint density at radius 1 is 0.362 bits per heavy atom. The second-order valence-electron chi connectivity index (χ2n) is 16.7. The van der Waals surface area contributed by atoms with E-state index in [-0.39, 0.29) is 0 Å². The Morgan fingerprint density at radius 2 is 0.793 bits per heavy atom. The number of hydrogen-bond acceptors (Lipinski definition) is 0. The van der Waals surface area contributed by atoms with Gasteiger partial charge in [-0.1, -0.05) is 115 Å². The number of benzene rings is 7. The Bertz CT molecular complexity index is 3070. The largest absolute Gasteiger partial charge is 0.310 e. The van der Waals surface area contributed by atoms with E-state index < -0.39 is 0 Å². The van der Waals surface area contributed by atoms with Gasteiger partial charge in [-0.3, -0.25) is 0 Å². The van der Waals surface area contributed by atoms with Crippen LogP contribution in [0.4, 0.5) is 0 Å². The number of fused-ring (bicyclic) bond motifs is 12. The Kier molecular flexibility index (Phi) is 6.83. The van der Waals surface area contributed by atoms with E-state index >= 15 is 0 Å². The van der Waals surface area contributed by atoms with Crippen molar-refractivity contribution in [3.8, 4) is 55.9 Å². The zero-order valence-corrected chi connectivity index (χ0v) is 32.3. The summed E-state index contributed by atoms with van der Waals surface area (Å²) in [6, 6.07) is 55.4. The van der Waals surface area contributed by atoms with Crippen LogP contribution in [0.15, 0.2) is 158 Å². The van der Waals surface area contributed by atoms with Gasteiger partial charge in [0.1, 0.15) is 0 Å². The van der Waals surface area contributed by atoms with Crippen LogP contribution in [-0.4, -0.2) is 9.13 Å². The van der Waals surface area contributed by atoms with E-state index in [1.165, 1.54) is 122 Å². The fourth-order valence-electron chi connectivity index (χ4n) is 10.8. The lowest BCUT2D eigenvalue weighted by atomic mass is 9.94. The maximum atomic E-state index is 2.48. The molecule has 274 valence electrons. The molecule has 0 N–H and O–H groups in total. The molecule has 0 saturated carbocycles. The smallest absolute Gasteiger partial charge is 0.0537 e. The Balaban J connectivity index is 0.794. The van der Waals surface area contributed by atoms with Crippen molar-refractivity contribution < 1.29 is 0 Å². The number of aryl methyl sites for hydroxylation is 2. The summed E-state index contributed by atoms with van der Waals surface area (Å²) in [5.74, 6) is 0. The van der Waals surface area contributed by atoms with Gasteiger partial charge in [-0.25, -0.2) is 0 Å². The van der Waals surface area contributed by atoms with Gasteiger partial charge in [0.25, 0.3) is 0 Å². The van der Waals surface area contributed by atoms with E-state index in [0.717, 1.165) is 38.5 Å². The second-order valence-corrected chi connectivity index (χ2v) is 16.7. The number of aromatic nitrogens is 2. The van der Waals surface area contributed by atoms with Gasteiger partial charge < -0.3 is 9.13 Å². The standard InChI is InChI=1S/C56H40N2/c1-5-16-53-49(12-1)50-13-2-6-17-54(50)57(53)43-22-26-47-41(33-43)31-39-29-37(20-24-45(39)47)35-10-9-11-36(28-35)38-21-25-46-40(30-38)32-42-34-44(23-27-48(42)46)58-55-18-7-3-14-51(55)52-15-4-8-19-56(52)58/h1,3,5-12,14,16-30,33-34H,2,4,13,15,31-32H2. The molecule has 0 bridgehead atoms. The number of rotatable bonds is 4. The van der Waals surface area contributed by atoms with Crippen LogP contribution in [0.1, 0.15) is 57.6 Å². The third kappa shape index (κ3) is 4.72. The summed E-state index contributed by atoms with van der Waals surface area (Å²) >= 11 is 0. The molecular weight excluding hydrogens is 701 g/mol. The predicted molar refractivity (Wildman–Crippen MR) is 242 cm³/mol. The predicted octanol–water partition coefficient (Wildman–Crippen LogP) is 14.0. The molecule has 0 amide bonds. The third-order valence-electron chi connectivity index (χ3n) is 13.5. The summed E-state index contributed by atoms with van der Waals surface area (Å²) in [4.78, 5) is 0. The molecule has 4 aliphatic carbocycles. The van der Waals surface area contributed by atoms with Crippen molar-refractivity contribution in [2.24, 2.45) is 0 Å². The number of allylic oxidation sites excluding steroid dienone is 2. The highest BCUT2D eigenvalue weighted by Gasteiger charge is 2.25. The fraction of sp³-hybridized carbons (Fsp3) is 0.107. The first-order valence-electron chi connectivity index (χ1n) is 21.0. The van der Waals surface area contributed by atoms with E-state index in [9.17, 15) is 0 Å². The monoisotopic (exact) mass is 740 g/mol. The van der Waals surface area contributed by atoms with E-state index in [1.54, 1.807) is 0 Å². The number of nitrogens with zero attached hydrogens (tertiary/aromatic N) is 2. The molecule has 0 fully saturated rings. The van der Waals surface area contributed by atoms with Gasteiger partial charge in [0.05, 0.1) is 11.0 Å². The van der Waals surface area contributed by atoms with Crippen LogP contribution in [0.25, 0.3) is 89.8 Å². The van der Waals surface area contributed by atoms with Crippen molar-refractivity contribution in [2.45, 2.75) is 38.5 Å². The van der Waals surface area contributed by atoms with Gasteiger partial charge in [-0.15, -0.1) is 0 Å². The minimum atomic E-state index is 0.954. The molecule has 0 unspecified atom stereocenters. The highest BCUT2D eigenvalue weighted by molar-refractivity contribution is 5.93. The maximum Gasteiger partial charge on any atom is 0.0537 e. The molecule has 7 aromatic carbocycles. The Labute approximate surface area is 338 Å². The minimum absolute atomic E-state index is 0.954. The van der Waals surface area contributed by atoms with Crippen molar-refractivity contribution in [2.75, 3.05) is 0 Å². The zero-order valence-electron chi connectivity index (χ0n) is 32.3. The number of para-hydroxylation sites is 2. The number of hydrogen-bond donors (Lipinski definition) is 0. The summed E-state index contributed by atoms with van der Waals surface area (Å²) in [5, 5.41) is 2.77. The van der Waals surface area contributed by atoms with Gasteiger partial charge in [0, 0.05) is 33.5 Å². The van der Waals surface area contributed by atoms with Gasteiger partial charge in [0.15, 0.2) is 0 Å². The van der Waals surface area contributed by atoms with Crippen molar-refractivity contribution in [3.05, 3.63) is 203 Å². The summed E-state index contributed by atoms with van der Waals surface area (Å²) in [7, 11) is 0. The summed E-state index contributed by atoms with van der Waals surface area (Å²) in [6.45, 7) is 0. The Hall–Kier alpha value is -6.90. The lowest BCUT2D eigenvalue weighted by Gasteiger charge is -2.13. The van der Waals surface area contributed by atoms with Crippen LogP contribution in [0.2, 0.25) is 0 Å². The molecule has 4 aliphatic rings. The summed E-state index contributed by atoms with van der Waals surface area (Å²) in [6.07, 6.45) is 15.7. The van der Waals surface area contributed by atoms with Gasteiger partial charge in [-0.05, 0) is 171 Å². The van der Waals surface area contributed by atoms with E-state index in [0.29, 0.717) is 0 Å². The van der Waals surface area contributed by atoms with Crippen molar-refractivity contribution in [3.63, 3.8) is 0 Å². The van der Waals surface area contributed by atoms with Gasteiger partial charge in [0.2, 0.25) is 0 Å². The quantitative estimate of drug-likeness (QED) is 0.170. The highest BCUT2D eigenvalue weighted by Crippen LogP contribution is 2.44. The molecule has 0 radical (unpaired) electrons. The minimum Gasteiger partial charge on any atom is -0.310 e. The van der Waals surface area contributed by atoms with E-state index in [1.807, 2.05) is 0 Å². The average Bonchev–Trinajstić information content (AvgIpc) is 4.03. The maximum absolute atomic E-state index is 2.48. The van der Waals surface area contributed by atoms with Crippen molar-refractivity contribution in [1.82, 2.24) is 9.13 Å². The summed E-state index contributed by atoms with van der Waals surface area (Å²) < 4.78 is 4.95. The van der Waals surface area contributed by atoms with Crippen molar-refractivity contribution >= 4 is 34.0 Å². The molecule has 2 aromatic heterocycles. The molecule has 0 saturated heterocycles. The van der Waals surface area contributed by atoms with Crippen LogP contribution >= 0.6 is 0 Å². The molecule has 9 aromatic rings. The van der Waals surface area contributed by atoms with Crippen LogP contribution < -0.4 is 0 Å². The van der Waals surface area contributed by atoms with Crippen LogP contribution in [0.5, 0.6) is 0 Å². The van der Waals surface area contributed by atoms with Gasteiger partial charge >= 0.3 is 0 Å². The summed E-state index contributed by atoms with van der Waals surface area (Å²) in [5.41, 5.74) is 26.9. The highest BCUT2D eigenvalue weighted by atomic mass is 15.0. The first-order chi connectivity index (χ1) is 28.7. The van der Waals surface area contributed by atoms with Crippen LogP contribution in [0.3, 0.4) is 0 Å². The molecule has 2 heteroatoms. The molecular formula is C56H40N2. The lowest BCUT2D eigenvalue weighted by molar-refractivity contribution is 0.967. The average molecular weight is 741 g/mol. The fourth-order valence-corrected chi connectivity index (χ4v) is 10.8. The molecule has 2 heterocycles. The zero-order chi connectivity index (χ0) is 37.9. The van der Waals surface area contributed by atoms with E-state index in [4.69, 9.17) is 0 Å². The van der Waals surface area contributed by atoms with Crippen LogP contribution in [0, 0.1) is 0 Å². The van der Waals surface area contributed by atoms with Crippen molar-refractivity contribution in [1.29, 1.82) is 0 Å². The molecule has 0 aliphatic heterocycles. The lowest BCUT2D eigenvalue weighted by Crippen LogP contribution is -2.01. The van der Waals surface area contributed by atoms with Gasteiger partial charge in [-0.2, -0.15) is 0 Å². The third-order valence-corrected chi connectivity index (χ3v) is 13.5. The van der Waals surface area contributed by atoms with Crippen LogP contribution in [-0.2, 0) is 25.7 Å². The molecule has 2 nitrogen and oxygen atoms in total. The first-order valence-corrected chi connectivity index (χ1v) is 21.0. The molecule has 0 atom stereocenters.